The number of carbonyl (C=O) groups is 1. The molecule has 158 valence electrons. The van der Waals surface area contributed by atoms with E-state index in [1.165, 1.54) is 12.3 Å². The molecule has 0 fully saturated rings. The van der Waals surface area contributed by atoms with Crippen LogP contribution in [0.15, 0.2) is 36.5 Å². The van der Waals surface area contributed by atoms with Crippen LogP contribution < -0.4 is 5.32 Å². The second-order valence-electron chi connectivity index (χ2n) is 7.28. The molecule has 1 aromatic carbocycles. The van der Waals surface area contributed by atoms with Crippen molar-refractivity contribution in [2.45, 2.75) is 33.1 Å². The predicted octanol–water partition coefficient (Wildman–Crippen LogP) is 4.35. The van der Waals surface area contributed by atoms with Crippen LogP contribution in [0.5, 0.6) is 0 Å². The summed E-state index contributed by atoms with van der Waals surface area (Å²) in [5, 5.41) is 11.9. The van der Waals surface area contributed by atoms with E-state index in [9.17, 15) is 18.8 Å². The van der Waals surface area contributed by atoms with Gasteiger partial charge in [0.1, 0.15) is 23.4 Å². The maximum atomic E-state index is 14.7. The maximum absolute atomic E-state index is 14.7. The van der Waals surface area contributed by atoms with Crippen molar-refractivity contribution in [3.8, 4) is 17.3 Å². The lowest BCUT2D eigenvalue weighted by Gasteiger charge is -2.20. The molecule has 3 rings (SSSR count). The molecule has 1 unspecified atom stereocenters. The minimum Gasteiger partial charge on any atom is -0.358 e. The Labute approximate surface area is 179 Å². The maximum Gasteiger partial charge on any atom is 0.207 e. The lowest BCUT2D eigenvalue weighted by molar-refractivity contribution is -0.109. The molecule has 7 heteroatoms. The number of carbonyl (C=O) groups excluding carboxylic acids is 1. The summed E-state index contributed by atoms with van der Waals surface area (Å²) in [6.07, 6.45) is 2.54. The van der Waals surface area contributed by atoms with Crippen LogP contribution in [0.4, 0.5) is 8.78 Å². The summed E-state index contributed by atoms with van der Waals surface area (Å²) in [5.74, 6) is -1.64. The number of nitrogens with one attached hydrogen (secondary N) is 1. The first-order valence-electron chi connectivity index (χ1n) is 9.89. The summed E-state index contributed by atoms with van der Waals surface area (Å²) >= 11 is 0. The van der Waals surface area contributed by atoms with E-state index in [1.54, 1.807) is 19.1 Å². The number of hydrogen-bond acceptors (Lipinski definition) is 4. The number of rotatable bonds is 7. The summed E-state index contributed by atoms with van der Waals surface area (Å²) in [4.78, 5) is 19.7. The molecular weight excluding hydrogens is 398 g/mol. The van der Waals surface area contributed by atoms with E-state index in [-0.39, 0.29) is 23.7 Å². The average molecular weight is 420 g/mol. The fourth-order valence-electron chi connectivity index (χ4n) is 3.53. The first-order chi connectivity index (χ1) is 14.9. The third-order valence-corrected chi connectivity index (χ3v) is 5.39. The zero-order valence-electron chi connectivity index (χ0n) is 17.5. The van der Waals surface area contributed by atoms with Gasteiger partial charge in [-0.15, -0.1) is 0 Å². The highest BCUT2D eigenvalue weighted by Gasteiger charge is 2.21. The molecule has 1 atom stereocenters. The van der Waals surface area contributed by atoms with Gasteiger partial charge in [0.05, 0.1) is 11.4 Å². The molecule has 0 radical (unpaired) electrons. The predicted molar refractivity (Wildman–Crippen MR) is 113 cm³/mol. The van der Waals surface area contributed by atoms with Crippen molar-refractivity contribution in [3.05, 3.63) is 81.8 Å². The van der Waals surface area contributed by atoms with Gasteiger partial charge in [0.25, 0.3) is 0 Å². The Bertz CT molecular complexity index is 1170. The van der Waals surface area contributed by atoms with Crippen LogP contribution in [0.25, 0.3) is 11.3 Å². The topological polar surface area (TPSA) is 78.7 Å². The summed E-state index contributed by atoms with van der Waals surface area (Å²) in [6.45, 7) is 5.78. The Hall–Kier alpha value is -3.66. The molecule has 31 heavy (non-hydrogen) atoms. The van der Waals surface area contributed by atoms with Crippen molar-refractivity contribution in [1.82, 2.24) is 15.3 Å². The monoisotopic (exact) mass is 420 g/mol. The van der Waals surface area contributed by atoms with Crippen molar-refractivity contribution in [2.75, 3.05) is 6.54 Å². The van der Waals surface area contributed by atoms with Gasteiger partial charge in [-0.25, -0.2) is 13.8 Å². The molecule has 0 spiro atoms. The molecule has 3 aromatic rings. The molecule has 2 aromatic heterocycles. The highest BCUT2D eigenvalue weighted by molar-refractivity contribution is 5.66. The van der Waals surface area contributed by atoms with E-state index in [4.69, 9.17) is 4.98 Å². The molecule has 0 saturated carbocycles. The molecule has 1 N–H and O–H groups in total. The largest absolute Gasteiger partial charge is 0.358 e. The molecule has 0 saturated heterocycles. The number of pyridine rings is 2. The minimum absolute atomic E-state index is 0.232. The lowest BCUT2D eigenvalue weighted by atomic mass is 9.92. The van der Waals surface area contributed by atoms with Gasteiger partial charge in [-0.2, -0.15) is 5.26 Å². The standard InChI is InChI=1S/C24H22F2N4O/c1-4-16-9-19(22(26)10-21(16)25)24-15(3)14(2)7-23(30-24)20(12-28-13-31)17-5-6-29-18(8-17)11-27/h5-10,13,20H,4,12H2,1-3H3,(H,28,31). The second kappa shape index (κ2) is 9.43. The second-order valence-corrected chi connectivity index (χ2v) is 7.28. The minimum atomic E-state index is -0.680. The summed E-state index contributed by atoms with van der Waals surface area (Å²) < 4.78 is 28.8. The quantitative estimate of drug-likeness (QED) is 0.577. The van der Waals surface area contributed by atoms with Crippen LogP contribution in [0.2, 0.25) is 0 Å². The average Bonchev–Trinajstić information content (AvgIpc) is 2.77. The molecule has 1 amide bonds. The molecule has 0 aliphatic heterocycles. The van der Waals surface area contributed by atoms with Crippen molar-refractivity contribution < 1.29 is 13.6 Å². The third-order valence-electron chi connectivity index (χ3n) is 5.39. The Kier molecular flexibility index (Phi) is 6.71. The van der Waals surface area contributed by atoms with E-state index < -0.39 is 11.6 Å². The van der Waals surface area contributed by atoms with E-state index in [2.05, 4.69) is 10.3 Å². The van der Waals surface area contributed by atoms with Gasteiger partial charge in [0, 0.05) is 30.3 Å². The molecule has 0 aliphatic rings. The zero-order valence-corrected chi connectivity index (χ0v) is 17.5. The van der Waals surface area contributed by atoms with E-state index >= 15 is 0 Å². The SMILES string of the molecule is CCc1cc(-c2nc(C(CNC=O)c3ccnc(C#N)c3)cc(C)c2C)c(F)cc1F. The van der Waals surface area contributed by atoms with E-state index in [0.717, 1.165) is 22.8 Å². The molecular formula is C24H22F2N4O. The van der Waals surface area contributed by atoms with Crippen LogP contribution in [-0.4, -0.2) is 22.9 Å². The van der Waals surface area contributed by atoms with Crippen LogP contribution >= 0.6 is 0 Å². The van der Waals surface area contributed by atoms with Gasteiger partial charge in [-0.3, -0.25) is 9.78 Å². The normalized spacial score (nSPS) is 11.6. The zero-order chi connectivity index (χ0) is 22.5. The van der Waals surface area contributed by atoms with Gasteiger partial charge in [0.15, 0.2) is 0 Å². The molecule has 0 bridgehead atoms. The smallest absolute Gasteiger partial charge is 0.207 e. The number of nitrogens with zero attached hydrogens (tertiary/aromatic N) is 3. The summed E-state index contributed by atoms with van der Waals surface area (Å²) in [6, 6.07) is 9.67. The van der Waals surface area contributed by atoms with Crippen LogP contribution in [0, 0.1) is 36.8 Å². The van der Waals surface area contributed by atoms with Gasteiger partial charge in [0.2, 0.25) is 6.41 Å². The first-order valence-corrected chi connectivity index (χ1v) is 9.89. The Morgan fingerprint density at radius 1 is 1.19 bits per heavy atom. The Morgan fingerprint density at radius 2 is 1.97 bits per heavy atom. The number of aromatic nitrogens is 2. The molecule has 0 aliphatic carbocycles. The fraction of sp³-hybridized carbons (Fsp3) is 0.250. The number of hydrogen-bond donors (Lipinski definition) is 1. The van der Waals surface area contributed by atoms with Crippen LogP contribution in [0.3, 0.4) is 0 Å². The van der Waals surface area contributed by atoms with Crippen molar-refractivity contribution >= 4 is 6.41 Å². The number of nitriles is 1. The van der Waals surface area contributed by atoms with Crippen molar-refractivity contribution in [2.24, 2.45) is 0 Å². The van der Waals surface area contributed by atoms with Gasteiger partial charge in [-0.1, -0.05) is 6.92 Å². The van der Waals surface area contributed by atoms with E-state index in [0.29, 0.717) is 29.8 Å². The fourth-order valence-corrected chi connectivity index (χ4v) is 3.53. The number of benzene rings is 1. The third kappa shape index (κ3) is 4.58. The Morgan fingerprint density at radius 3 is 2.65 bits per heavy atom. The van der Waals surface area contributed by atoms with Crippen molar-refractivity contribution in [1.29, 1.82) is 5.26 Å². The lowest BCUT2D eigenvalue weighted by Crippen LogP contribution is -2.22. The number of amides is 1. The van der Waals surface area contributed by atoms with Gasteiger partial charge < -0.3 is 5.32 Å². The number of halogens is 2. The molecule has 2 heterocycles. The van der Waals surface area contributed by atoms with Crippen LogP contribution in [0.1, 0.15) is 46.5 Å². The summed E-state index contributed by atoms with van der Waals surface area (Å²) in [7, 11) is 0. The first kappa shape index (κ1) is 22.0. The highest BCUT2D eigenvalue weighted by atomic mass is 19.1. The van der Waals surface area contributed by atoms with Crippen LogP contribution in [-0.2, 0) is 11.2 Å². The van der Waals surface area contributed by atoms with Crippen molar-refractivity contribution in [3.63, 3.8) is 0 Å². The van der Waals surface area contributed by atoms with E-state index in [1.807, 2.05) is 26.0 Å². The summed E-state index contributed by atoms with van der Waals surface area (Å²) in [5.41, 5.74) is 4.32. The molecule has 5 nitrogen and oxygen atoms in total. The van der Waals surface area contributed by atoms with Gasteiger partial charge >= 0.3 is 0 Å². The highest BCUT2D eigenvalue weighted by Crippen LogP contribution is 2.32. The Balaban J connectivity index is 2.20. The van der Waals surface area contributed by atoms with Gasteiger partial charge in [-0.05, 0) is 66.8 Å². The number of aryl methyl sites for hydroxylation is 2.